The third-order valence-corrected chi connectivity index (χ3v) is 9.00. The molecule has 0 aromatic carbocycles. The molecule has 1 saturated heterocycles. The second kappa shape index (κ2) is 39.2. The maximum atomic E-state index is 12.7. The molecular weight excluding hydrogens is 862 g/mol. The Morgan fingerprint density at radius 1 is 0.646 bits per heavy atom. The Bertz CT molecular complexity index is 2490. The van der Waals surface area contributed by atoms with Crippen molar-refractivity contribution in [2.45, 2.75) is 146 Å². The van der Waals surface area contributed by atoms with Crippen molar-refractivity contribution in [3.05, 3.63) is 0 Å². The summed E-state index contributed by atoms with van der Waals surface area (Å²) >= 11 is 0. The Morgan fingerprint density at radius 3 is 1.46 bits per heavy atom. The van der Waals surface area contributed by atoms with Crippen molar-refractivity contribution in [3.8, 4) is 142 Å². The topological polar surface area (TPSA) is 215 Å². The van der Waals surface area contributed by atoms with E-state index in [1.54, 1.807) is 6.92 Å². The Kier molecular flexibility index (Phi) is 36.0. The fraction of sp³-hybridized carbons (Fsp3) is 0.500. The number of hydrogen-bond acceptors (Lipinski definition) is 12. The van der Waals surface area contributed by atoms with Crippen LogP contribution in [-0.4, -0.2) is 107 Å². The fourth-order valence-electron chi connectivity index (χ4n) is 5.38. The van der Waals surface area contributed by atoms with Crippen molar-refractivity contribution >= 4 is 16.3 Å². The van der Waals surface area contributed by atoms with Crippen LogP contribution >= 0.6 is 0 Å². The molecule has 13 nitrogen and oxygen atoms in total. The molecule has 2 unspecified atom stereocenters. The molecule has 0 spiro atoms. The number of hydrogen-bond donors (Lipinski definition) is 6. The van der Waals surface area contributed by atoms with Crippen molar-refractivity contribution in [1.82, 2.24) is 5.32 Å². The number of carbonyl (C=O) groups is 1. The molecule has 1 fully saturated rings. The van der Waals surface area contributed by atoms with Gasteiger partial charge >= 0.3 is 29.6 Å². The minimum absolute atomic E-state index is 0. The summed E-state index contributed by atoms with van der Waals surface area (Å²) in [6, 6.07) is -1.36. The molecular formula is C50H98NNaO12S. The first-order valence-corrected chi connectivity index (χ1v) is 21.8. The molecule has 6 N–H and O–H groups in total. The molecule has 0 saturated carbocycles. The van der Waals surface area contributed by atoms with Crippen LogP contribution in [0.3, 0.4) is 0 Å². The van der Waals surface area contributed by atoms with Gasteiger partial charge in [0.05, 0.1) is 25.4 Å². The molecule has 1 rings (SSSR count). The molecule has 15 heteroatoms. The molecule has 1 aliphatic rings. The average Bonchev–Trinajstić information content (AvgIpc) is 3.27. The first kappa shape index (κ1) is 59.8. The van der Waals surface area contributed by atoms with E-state index in [1.165, 1.54) is 44.9 Å². The van der Waals surface area contributed by atoms with Gasteiger partial charge in [-0.15, -0.1) is 0 Å². The van der Waals surface area contributed by atoms with E-state index in [9.17, 15) is 43.3 Å². The van der Waals surface area contributed by atoms with Gasteiger partial charge in [0.25, 0.3) is 5.91 Å². The summed E-state index contributed by atoms with van der Waals surface area (Å²) in [5, 5.41) is 55.3. The van der Waals surface area contributed by atoms with E-state index in [2.05, 4.69) is 159 Å². The third-order valence-electron chi connectivity index (χ3n) is 8.58. The predicted molar refractivity (Wildman–Crippen MR) is 288 cm³/mol. The van der Waals surface area contributed by atoms with Crippen LogP contribution in [0.4, 0.5) is 0 Å². The second-order valence-corrected chi connectivity index (χ2v) is 14.5. The summed E-state index contributed by atoms with van der Waals surface area (Å²) in [5.74, 6) is 57.9. The predicted octanol–water partition coefficient (Wildman–Crippen LogP) is 3.55. The molecule has 1 heterocycles. The van der Waals surface area contributed by atoms with E-state index >= 15 is 0 Å². The summed E-state index contributed by atoms with van der Waals surface area (Å²) in [5.41, 5.74) is 0. The van der Waals surface area contributed by atoms with Crippen LogP contribution in [-0.2, 0) is 28.9 Å². The van der Waals surface area contributed by atoms with E-state index < -0.39 is 78.5 Å². The molecule has 0 aliphatic carbocycles. The Hall–Kier alpha value is -5.22. The minimum atomic E-state index is -5.20. The smallest absolute Gasteiger partial charge is 0.726 e. The summed E-state index contributed by atoms with van der Waals surface area (Å²) in [4.78, 5) is 12.7. The molecule has 8 atom stereocenters. The van der Waals surface area contributed by atoms with Gasteiger partial charge in [0.15, 0.2) is 6.29 Å². The fourth-order valence-corrected chi connectivity index (χ4v) is 5.68. The normalized spacial score (nSPS) is 17.4. The van der Waals surface area contributed by atoms with Crippen LogP contribution in [0.2, 0.25) is 0 Å². The number of aliphatic hydroxyl groups excluding tert-OH is 5. The van der Waals surface area contributed by atoms with Crippen molar-refractivity contribution in [3.63, 3.8) is 0 Å². The number of amides is 1. The van der Waals surface area contributed by atoms with Gasteiger partial charge in [-0.2, -0.15) is 0 Å². The monoisotopic (exact) mass is 960 g/mol. The standard InChI is InChI=1S/C50H51NO12S.Na.24H2/c1-3-5-7-9-11-13-15-17-18-19-20-21-22-23-24-25-26-27-29-31-33-35-37-39-45(53)51-42(40-61-50-49(57)48(56)47(55)44(63-50)41-62-64(58,59)60)46(54)43(52)38-36-34-32-30-28-16-14-12-10-8-6-4-2;;;;;;;;;;;;;;;;;;;;;;;;;/h42-44,46-50,52,54-57H,4,6,8,10,12,14,16,28,30,32,34,36,38,40-41H2,1-2H3,(H,51,53)(H,58,59,60);;24*1H/q;+1;;;;;;;;;;;;;;;;;;;;;;;;/p-1/t42-,43+,44?,46-,47-,48-,49?,50-;;;;;;;;;;;;;;;;;;;;;;;;;/m0........................./s1. The number of rotatable bonds is 22. The zero-order valence-electron chi connectivity index (χ0n) is 36.7. The number of aliphatic hydroxyl groups is 5. The zero-order chi connectivity index (χ0) is 47.1. The molecule has 0 bridgehead atoms. The molecule has 0 aromatic rings. The van der Waals surface area contributed by atoms with Crippen molar-refractivity contribution in [2.75, 3.05) is 13.2 Å². The Morgan fingerprint density at radius 2 is 1.05 bits per heavy atom. The zero-order valence-corrected chi connectivity index (χ0v) is 39.5. The SMILES string of the molecule is CC#CC#CC#CC#CC#CC#CC#CC#CC#CC#CC#CC#CC(=O)N[C@@H](CO[C@H]1OC(COS(=O)(=O)[O-])[C@H](O)[C@H](O)C1O)[C@H](O)[C@H](O)CCCCCCCCCCCCCC.[HH].[HH].[HH].[HH].[HH].[HH].[HH].[HH].[HH].[HH].[HH].[HH].[HH].[HH].[HH].[HH].[HH].[HH].[HH].[HH].[HH].[HH].[HH].[HH].[Na+]. The van der Waals surface area contributed by atoms with Gasteiger partial charge in [0.2, 0.25) is 10.4 Å². The summed E-state index contributed by atoms with van der Waals surface area (Å²) in [6.07, 6.45) is 1.43. The molecule has 0 aromatic heterocycles. The van der Waals surface area contributed by atoms with Crippen LogP contribution in [0.25, 0.3) is 0 Å². The first-order chi connectivity index (χ1) is 30.9. The van der Waals surface area contributed by atoms with Gasteiger partial charge in [-0.1, -0.05) is 89.9 Å². The number of ether oxygens (including phenoxy) is 2. The number of carbonyl (C=O) groups excluding carboxylic acids is 1. The van der Waals surface area contributed by atoms with Crippen molar-refractivity contribution in [2.24, 2.45) is 0 Å². The molecule has 382 valence electrons. The molecule has 0 radical (unpaired) electrons. The molecule has 1 amide bonds. The van der Waals surface area contributed by atoms with Gasteiger partial charge in [0, 0.05) is 75.7 Å². The van der Waals surface area contributed by atoms with Crippen LogP contribution in [0.1, 0.15) is 132 Å². The molecule has 1 aliphatic heterocycles. The van der Waals surface area contributed by atoms with E-state index in [0.717, 1.165) is 25.7 Å². The summed E-state index contributed by atoms with van der Waals surface area (Å²) in [6.45, 7) is 2.22. The van der Waals surface area contributed by atoms with E-state index in [4.69, 9.17) is 9.47 Å². The summed E-state index contributed by atoms with van der Waals surface area (Å²) < 4.78 is 47.8. The van der Waals surface area contributed by atoms with Crippen LogP contribution in [0, 0.1) is 142 Å². The largest absolute Gasteiger partial charge is 1.00 e. The molecule has 65 heavy (non-hydrogen) atoms. The average molecular weight is 960 g/mol. The number of unbranched alkanes of at least 4 members (excludes halogenated alkanes) is 11. The third kappa shape index (κ3) is 32.1. The second-order valence-electron chi connectivity index (χ2n) is 13.5. The van der Waals surface area contributed by atoms with Crippen LogP contribution < -0.4 is 34.9 Å². The first-order valence-electron chi connectivity index (χ1n) is 20.4. The Balaban J connectivity index is -0.0000000712. The Labute approximate surface area is 443 Å². The van der Waals surface area contributed by atoms with E-state index in [1.807, 2.05) is 0 Å². The van der Waals surface area contributed by atoms with Crippen molar-refractivity contribution < 1.29 is 121 Å². The quantitative estimate of drug-likeness (QED) is 0.0302. The van der Waals surface area contributed by atoms with E-state index in [-0.39, 0.29) is 70.2 Å². The van der Waals surface area contributed by atoms with Gasteiger partial charge in [0.1, 0.15) is 30.5 Å². The van der Waals surface area contributed by atoms with Crippen molar-refractivity contribution in [1.29, 1.82) is 0 Å². The van der Waals surface area contributed by atoms with Gasteiger partial charge in [-0.25, -0.2) is 8.42 Å². The van der Waals surface area contributed by atoms with Crippen LogP contribution in [0.5, 0.6) is 0 Å². The van der Waals surface area contributed by atoms with Crippen LogP contribution in [0.15, 0.2) is 0 Å². The van der Waals surface area contributed by atoms with Gasteiger partial charge in [-0.3, -0.25) is 8.98 Å². The van der Waals surface area contributed by atoms with Gasteiger partial charge in [-0.05, 0) is 108 Å². The maximum Gasteiger partial charge on any atom is 1.00 e. The number of nitrogens with one attached hydrogen (secondary N) is 1. The maximum absolute atomic E-state index is 12.7. The minimum Gasteiger partial charge on any atom is -0.726 e. The summed E-state index contributed by atoms with van der Waals surface area (Å²) in [7, 11) is -5.20. The van der Waals surface area contributed by atoms with Gasteiger partial charge < -0.3 is 44.9 Å². The van der Waals surface area contributed by atoms with E-state index in [0.29, 0.717) is 6.42 Å².